The Balaban J connectivity index is 2.31. The van der Waals surface area contributed by atoms with Crippen LogP contribution >= 0.6 is 15.9 Å². The standard InChI is InChI=1S/C11H11BrN2O4/c12-10-8(2-1-3-9(10)14(17)18)11(16)13-5-4-7(15)6-13/h1-3,7,15H,4-6H2/t7-/m0/s1. The van der Waals surface area contributed by atoms with E-state index in [0.29, 0.717) is 13.0 Å². The highest BCUT2D eigenvalue weighted by molar-refractivity contribution is 9.10. The normalized spacial score (nSPS) is 19.0. The summed E-state index contributed by atoms with van der Waals surface area (Å²) in [6.45, 7) is 0.739. The van der Waals surface area contributed by atoms with Crippen LogP contribution in [0.2, 0.25) is 0 Å². The minimum absolute atomic E-state index is 0.138. The van der Waals surface area contributed by atoms with Gasteiger partial charge in [-0.25, -0.2) is 0 Å². The van der Waals surface area contributed by atoms with Crippen LogP contribution in [0, 0.1) is 10.1 Å². The molecule has 7 heteroatoms. The molecule has 0 unspecified atom stereocenters. The lowest BCUT2D eigenvalue weighted by Gasteiger charge is -2.16. The van der Waals surface area contributed by atoms with Gasteiger partial charge in [-0.15, -0.1) is 0 Å². The monoisotopic (exact) mass is 314 g/mol. The predicted molar refractivity (Wildman–Crippen MR) is 67.3 cm³/mol. The quantitative estimate of drug-likeness (QED) is 0.663. The van der Waals surface area contributed by atoms with Gasteiger partial charge in [-0.3, -0.25) is 14.9 Å². The number of aliphatic hydroxyl groups excluding tert-OH is 1. The zero-order chi connectivity index (χ0) is 13.3. The van der Waals surface area contributed by atoms with E-state index in [0.717, 1.165) is 0 Å². The van der Waals surface area contributed by atoms with Crippen molar-refractivity contribution in [2.24, 2.45) is 0 Å². The molecule has 1 saturated heterocycles. The number of benzene rings is 1. The predicted octanol–water partition coefficient (Wildman–Crippen LogP) is 1.56. The van der Waals surface area contributed by atoms with E-state index in [1.165, 1.54) is 23.1 Å². The lowest BCUT2D eigenvalue weighted by atomic mass is 10.2. The van der Waals surface area contributed by atoms with Crippen LogP contribution in [0.4, 0.5) is 5.69 Å². The summed E-state index contributed by atoms with van der Waals surface area (Å²) in [4.78, 5) is 23.9. The van der Waals surface area contributed by atoms with Crippen LogP contribution in [-0.2, 0) is 0 Å². The van der Waals surface area contributed by atoms with E-state index >= 15 is 0 Å². The van der Waals surface area contributed by atoms with Crippen molar-refractivity contribution in [3.8, 4) is 0 Å². The second-order valence-electron chi connectivity index (χ2n) is 4.09. The Hall–Kier alpha value is -1.47. The molecule has 0 saturated carbocycles. The molecule has 96 valence electrons. The van der Waals surface area contributed by atoms with Crippen LogP contribution in [-0.4, -0.2) is 40.0 Å². The number of rotatable bonds is 2. The van der Waals surface area contributed by atoms with Gasteiger partial charge in [-0.2, -0.15) is 0 Å². The van der Waals surface area contributed by atoms with Gasteiger partial charge in [0.1, 0.15) is 4.47 Å². The van der Waals surface area contributed by atoms with Crippen molar-refractivity contribution in [3.05, 3.63) is 38.3 Å². The van der Waals surface area contributed by atoms with Gasteiger partial charge in [0.15, 0.2) is 0 Å². The molecule has 18 heavy (non-hydrogen) atoms. The number of likely N-dealkylation sites (tertiary alicyclic amines) is 1. The van der Waals surface area contributed by atoms with Crippen LogP contribution in [0.1, 0.15) is 16.8 Å². The average Bonchev–Trinajstić information content (AvgIpc) is 2.75. The fraction of sp³-hybridized carbons (Fsp3) is 0.364. The van der Waals surface area contributed by atoms with E-state index in [9.17, 15) is 20.0 Å². The number of aliphatic hydroxyl groups is 1. The Kier molecular flexibility index (Phi) is 3.63. The zero-order valence-electron chi connectivity index (χ0n) is 9.38. The fourth-order valence-corrected chi connectivity index (χ4v) is 2.50. The Morgan fingerprint density at radius 2 is 2.28 bits per heavy atom. The summed E-state index contributed by atoms with van der Waals surface area (Å²) in [5.41, 5.74) is 0.110. The molecule has 0 spiro atoms. The van der Waals surface area contributed by atoms with Gasteiger partial charge in [0.05, 0.1) is 16.6 Å². The van der Waals surface area contributed by atoms with Crippen molar-refractivity contribution < 1.29 is 14.8 Å². The number of halogens is 1. The molecule has 0 radical (unpaired) electrons. The number of nitro benzene ring substituents is 1. The smallest absolute Gasteiger partial charge is 0.284 e. The first-order valence-corrected chi connectivity index (χ1v) is 6.20. The number of nitro groups is 1. The molecular formula is C11H11BrN2O4. The van der Waals surface area contributed by atoms with Crippen molar-refractivity contribution >= 4 is 27.5 Å². The maximum absolute atomic E-state index is 12.2. The summed E-state index contributed by atoms with van der Waals surface area (Å²) in [5.74, 6) is -0.304. The SMILES string of the molecule is O=C(c1cccc([N+](=O)[O-])c1Br)N1CC[C@H](O)C1. The third kappa shape index (κ3) is 2.37. The summed E-state index contributed by atoms with van der Waals surface area (Å²) in [7, 11) is 0. The van der Waals surface area contributed by atoms with Gasteiger partial charge in [-0.1, -0.05) is 6.07 Å². The molecule has 0 bridgehead atoms. The van der Waals surface area contributed by atoms with Crippen molar-refractivity contribution in [2.45, 2.75) is 12.5 Å². The topological polar surface area (TPSA) is 83.7 Å². The molecule has 1 amide bonds. The second-order valence-corrected chi connectivity index (χ2v) is 4.88. The Labute approximate surface area is 111 Å². The molecule has 0 aliphatic carbocycles. The van der Waals surface area contributed by atoms with E-state index in [1.807, 2.05) is 0 Å². The molecule has 1 aliphatic rings. The van der Waals surface area contributed by atoms with Gasteiger partial charge in [0, 0.05) is 19.2 Å². The molecule has 0 aromatic heterocycles. The van der Waals surface area contributed by atoms with Gasteiger partial charge < -0.3 is 10.0 Å². The molecule has 6 nitrogen and oxygen atoms in total. The minimum Gasteiger partial charge on any atom is -0.391 e. The Bertz CT molecular complexity index is 506. The molecular weight excluding hydrogens is 304 g/mol. The van der Waals surface area contributed by atoms with E-state index in [-0.39, 0.29) is 28.2 Å². The maximum atomic E-state index is 12.2. The summed E-state index contributed by atoms with van der Waals surface area (Å²) in [6.07, 6.45) is 0.0320. The number of carbonyl (C=O) groups is 1. The highest BCUT2D eigenvalue weighted by Crippen LogP contribution is 2.29. The van der Waals surface area contributed by atoms with Gasteiger partial charge in [-0.05, 0) is 28.4 Å². The number of hydrogen-bond donors (Lipinski definition) is 1. The van der Waals surface area contributed by atoms with Crippen molar-refractivity contribution in [1.82, 2.24) is 4.90 Å². The zero-order valence-corrected chi connectivity index (χ0v) is 11.0. The van der Waals surface area contributed by atoms with E-state index in [4.69, 9.17) is 0 Å². The van der Waals surface area contributed by atoms with Gasteiger partial charge >= 0.3 is 0 Å². The van der Waals surface area contributed by atoms with Gasteiger partial charge in [0.25, 0.3) is 11.6 Å². The molecule has 2 rings (SSSR count). The molecule has 1 fully saturated rings. The lowest BCUT2D eigenvalue weighted by Crippen LogP contribution is -2.29. The number of β-amino-alcohol motifs (C(OH)–C–C–N with tert-alkyl or cyclic N) is 1. The first-order valence-electron chi connectivity index (χ1n) is 5.41. The van der Waals surface area contributed by atoms with Gasteiger partial charge in [0.2, 0.25) is 0 Å². The number of carbonyl (C=O) groups excluding carboxylic acids is 1. The summed E-state index contributed by atoms with van der Waals surface area (Å²) in [5, 5.41) is 20.2. The average molecular weight is 315 g/mol. The summed E-state index contributed by atoms with van der Waals surface area (Å²) in [6, 6.07) is 4.34. The number of amides is 1. The Morgan fingerprint density at radius 1 is 1.56 bits per heavy atom. The highest BCUT2D eigenvalue weighted by atomic mass is 79.9. The highest BCUT2D eigenvalue weighted by Gasteiger charge is 2.28. The van der Waals surface area contributed by atoms with Crippen LogP contribution in [0.3, 0.4) is 0 Å². The molecule has 1 aromatic carbocycles. The first kappa shape index (κ1) is 13.0. The molecule has 1 N–H and O–H groups in total. The molecule has 1 atom stereocenters. The molecule has 1 aliphatic heterocycles. The van der Waals surface area contributed by atoms with E-state index < -0.39 is 11.0 Å². The molecule has 1 heterocycles. The van der Waals surface area contributed by atoms with Crippen molar-refractivity contribution in [3.63, 3.8) is 0 Å². The summed E-state index contributed by atoms with van der Waals surface area (Å²) < 4.78 is 0.182. The van der Waals surface area contributed by atoms with Crippen LogP contribution < -0.4 is 0 Å². The van der Waals surface area contributed by atoms with Crippen LogP contribution in [0.5, 0.6) is 0 Å². The third-order valence-electron chi connectivity index (χ3n) is 2.86. The molecule has 1 aromatic rings. The number of hydrogen-bond acceptors (Lipinski definition) is 4. The summed E-state index contributed by atoms with van der Waals surface area (Å²) >= 11 is 3.09. The third-order valence-corrected chi connectivity index (χ3v) is 3.69. The van der Waals surface area contributed by atoms with Crippen LogP contribution in [0.25, 0.3) is 0 Å². The lowest BCUT2D eigenvalue weighted by molar-refractivity contribution is -0.385. The van der Waals surface area contributed by atoms with Crippen molar-refractivity contribution in [2.75, 3.05) is 13.1 Å². The van der Waals surface area contributed by atoms with E-state index in [2.05, 4.69) is 15.9 Å². The second kappa shape index (κ2) is 5.03. The Morgan fingerprint density at radius 3 is 2.83 bits per heavy atom. The maximum Gasteiger partial charge on any atom is 0.284 e. The number of nitrogens with zero attached hydrogens (tertiary/aromatic N) is 2. The fourth-order valence-electron chi connectivity index (χ4n) is 1.92. The van der Waals surface area contributed by atoms with Crippen molar-refractivity contribution in [1.29, 1.82) is 0 Å². The van der Waals surface area contributed by atoms with E-state index in [1.54, 1.807) is 0 Å². The van der Waals surface area contributed by atoms with Crippen LogP contribution in [0.15, 0.2) is 22.7 Å². The first-order chi connectivity index (χ1) is 8.50. The minimum atomic E-state index is -0.542. The largest absolute Gasteiger partial charge is 0.391 e.